The van der Waals surface area contributed by atoms with Gasteiger partial charge in [0.2, 0.25) is 0 Å². The molecule has 0 radical (unpaired) electrons. The second kappa shape index (κ2) is 9.66. The van der Waals surface area contributed by atoms with Gasteiger partial charge in [-0.1, -0.05) is 29.4 Å². The molecule has 162 valence electrons. The first-order valence-corrected chi connectivity index (χ1v) is 10.4. The molecule has 1 N–H and O–H groups in total. The van der Waals surface area contributed by atoms with Crippen molar-refractivity contribution < 1.29 is 18.8 Å². The van der Waals surface area contributed by atoms with Crippen molar-refractivity contribution in [1.82, 2.24) is 15.4 Å². The van der Waals surface area contributed by atoms with Gasteiger partial charge in [0.1, 0.15) is 11.5 Å². The number of carbonyl (C=O) groups is 1. The topological polar surface area (TPSA) is 76.8 Å². The van der Waals surface area contributed by atoms with Crippen LogP contribution < -0.4 is 14.8 Å². The third-order valence-corrected chi connectivity index (χ3v) is 5.56. The molecule has 0 aliphatic carbocycles. The molecule has 1 amide bonds. The Hall–Kier alpha value is -3.32. The third-order valence-electron chi connectivity index (χ3n) is 5.56. The Morgan fingerprint density at radius 2 is 1.97 bits per heavy atom. The van der Waals surface area contributed by atoms with E-state index in [4.69, 9.17) is 14.0 Å². The molecule has 1 aromatic heterocycles. The lowest BCUT2D eigenvalue weighted by Crippen LogP contribution is -2.33. The maximum Gasteiger partial charge on any atom is 0.273 e. The van der Waals surface area contributed by atoms with Crippen molar-refractivity contribution >= 4 is 5.91 Å². The van der Waals surface area contributed by atoms with Crippen LogP contribution in [0.2, 0.25) is 0 Å². The Kier molecular flexibility index (Phi) is 6.52. The number of benzene rings is 2. The fourth-order valence-corrected chi connectivity index (χ4v) is 3.86. The first-order chi connectivity index (χ1) is 15.2. The van der Waals surface area contributed by atoms with Crippen molar-refractivity contribution in [2.24, 2.45) is 0 Å². The highest BCUT2D eigenvalue weighted by Gasteiger charge is 2.18. The second-order valence-corrected chi connectivity index (χ2v) is 7.55. The van der Waals surface area contributed by atoms with Gasteiger partial charge in [-0.15, -0.1) is 0 Å². The fraction of sp³-hybridized carbons (Fsp3) is 0.333. The van der Waals surface area contributed by atoms with Gasteiger partial charge in [-0.2, -0.15) is 0 Å². The van der Waals surface area contributed by atoms with Crippen LogP contribution in [0, 0.1) is 0 Å². The maximum absolute atomic E-state index is 12.5. The van der Waals surface area contributed by atoms with Crippen molar-refractivity contribution in [1.29, 1.82) is 0 Å². The molecule has 1 aliphatic heterocycles. The van der Waals surface area contributed by atoms with E-state index in [0.717, 1.165) is 32.5 Å². The number of fused-ring (bicyclic) bond motifs is 1. The molecular formula is C24H27N3O4. The summed E-state index contributed by atoms with van der Waals surface area (Å²) in [5, 5.41) is 6.85. The van der Waals surface area contributed by atoms with E-state index in [0.29, 0.717) is 29.4 Å². The van der Waals surface area contributed by atoms with E-state index in [-0.39, 0.29) is 11.6 Å². The van der Waals surface area contributed by atoms with Crippen LogP contribution >= 0.6 is 0 Å². The molecule has 1 aliphatic rings. The van der Waals surface area contributed by atoms with E-state index >= 15 is 0 Å². The fourth-order valence-electron chi connectivity index (χ4n) is 3.86. The van der Waals surface area contributed by atoms with Crippen LogP contribution in [-0.2, 0) is 13.0 Å². The lowest BCUT2D eigenvalue weighted by atomic mass is 10.00. The molecule has 0 fully saturated rings. The molecule has 4 rings (SSSR count). The van der Waals surface area contributed by atoms with Crippen LogP contribution in [0.15, 0.2) is 53.1 Å². The zero-order chi connectivity index (χ0) is 21.6. The Morgan fingerprint density at radius 3 is 2.77 bits per heavy atom. The Bertz CT molecular complexity index is 1050. The van der Waals surface area contributed by atoms with E-state index in [1.165, 1.54) is 11.1 Å². The van der Waals surface area contributed by atoms with Crippen LogP contribution in [0.1, 0.15) is 28.0 Å². The second-order valence-electron chi connectivity index (χ2n) is 7.55. The molecule has 0 saturated heterocycles. The molecule has 7 heteroatoms. The molecule has 0 bridgehead atoms. The molecular weight excluding hydrogens is 394 g/mol. The predicted octanol–water partition coefficient (Wildman–Crippen LogP) is 3.54. The van der Waals surface area contributed by atoms with Crippen molar-refractivity contribution in [3.8, 4) is 22.8 Å². The first-order valence-electron chi connectivity index (χ1n) is 10.4. The van der Waals surface area contributed by atoms with Crippen molar-refractivity contribution in [2.75, 3.05) is 33.9 Å². The maximum atomic E-state index is 12.5. The molecule has 0 spiro atoms. The highest BCUT2D eigenvalue weighted by molar-refractivity contribution is 5.93. The molecule has 7 nitrogen and oxygen atoms in total. The van der Waals surface area contributed by atoms with Gasteiger partial charge in [-0.25, -0.2) is 0 Å². The number of nitrogens with one attached hydrogen (secondary N) is 1. The average Bonchev–Trinajstić information content (AvgIpc) is 3.31. The summed E-state index contributed by atoms with van der Waals surface area (Å²) in [5.74, 6) is 1.49. The largest absolute Gasteiger partial charge is 0.497 e. The minimum Gasteiger partial charge on any atom is -0.497 e. The van der Waals surface area contributed by atoms with Gasteiger partial charge in [-0.3, -0.25) is 9.69 Å². The summed E-state index contributed by atoms with van der Waals surface area (Å²) >= 11 is 0. The number of hydrogen-bond acceptors (Lipinski definition) is 6. The Labute approximate surface area is 181 Å². The molecule has 2 aromatic carbocycles. The lowest BCUT2D eigenvalue weighted by Gasteiger charge is -2.28. The summed E-state index contributed by atoms with van der Waals surface area (Å²) in [5.41, 5.74) is 3.77. The first kappa shape index (κ1) is 20.9. The summed E-state index contributed by atoms with van der Waals surface area (Å²) in [7, 11) is 3.17. The number of amides is 1. The lowest BCUT2D eigenvalue weighted by molar-refractivity contribution is 0.0942. The van der Waals surface area contributed by atoms with Gasteiger partial charge in [0.25, 0.3) is 5.91 Å². The van der Waals surface area contributed by atoms with Crippen molar-refractivity contribution in [3.63, 3.8) is 0 Å². The van der Waals surface area contributed by atoms with E-state index in [1.54, 1.807) is 38.5 Å². The van der Waals surface area contributed by atoms with E-state index in [1.807, 2.05) is 0 Å². The van der Waals surface area contributed by atoms with Crippen LogP contribution in [0.5, 0.6) is 11.5 Å². The molecule has 0 saturated carbocycles. The quantitative estimate of drug-likeness (QED) is 0.561. The molecule has 0 unspecified atom stereocenters. The number of methoxy groups -OCH3 is 2. The number of aromatic nitrogens is 1. The Balaban J connectivity index is 1.29. The van der Waals surface area contributed by atoms with E-state index in [9.17, 15) is 4.79 Å². The van der Waals surface area contributed by atoms with Gasteiger partial charge >= 0.3 is 0 Å². The number of ether oxygens (including phenoxy) is 2. The summed E-state index contributed by atoms with van der Waals surface area (Å²) in [6, 6.07) is 15.6. The number of nitrogens with zero attached hydrogens (tertiary/aromatic N) is 2. The predicted molar refractivity (Wildman–Crippen MR) is 117 cm³/mol. The number of rotatable bonds is 8. The molecule has 0 atom stereocenters. The van der Waals surface area contributed by atoms with E-state index < -0.39 is 0 Å². The minimum absolute atomic E-state index is 0.242. The van der Waals surface area contributed by atoms with Gasteiger partial charge < -0.3 is 19.3 Å². The minimum atomic E-state index is -0.249. The summed E-state index contributed by atoms with van der Waals surface area (Å²) < 4.78 is 16.0. The molecule has 3 aromatic rings. The average molecular weight is 421 g/mol. The van der Waals surface area contributed by atoms with Gasteiger partial charge in [0.05, 0.1) is 19.8 Å². The molecule has 2 heterocycles. The highest BCUT2D eigenvalue weighted by Crippen LogP contribution is 2.33. The summed E-state index contributed by atoms with van der Waals surface area (Å²) in [6.45, 7) is 3.56. The van der Waals surface area contributed by atoms with Crippen LogP contribution in [-0.4, -0.2) is 49.8 Å². The zero-order valence-electron chi connectivity index (χ0n) is 17.9. The zero-order valence-corrected chi connectivity index (χ0v) is 17.9. The van der Waals surface area contributed by atoms with Gasteiger partial charge in [-0.05, 0) is 42.2 Å². The monoisotopic (exact) mass is 421 g/mol. The van der Waals surface area contributed by atoms with E-state index in [2.05, 4.69) is 39.6 Å². The SMILES string of the molecule is COc1ccc(OC)c(-c2cc(C(=O)NCCCN3CCc4ccccc4C3)no2)c1. The highest BCUT2D eigenvalue weighted by atomic mass is 16.5. The van der Waals surface area contributed by atoms with Crippen LogP contribution in [0.4, 0.5) is 0 Å². The van der Waals surface area contributed by atoms with Crippen molar-refractivity contribution in [2.45, 2.75) is 19.4 Å². The van der Waals surface area contributed by atoms with Gasteiger partial charge in [0, 0.05) is 32.2 Å². The number of hydrogen-bond donors (Lipinski definition) is 1. The van der Waals surface area contributed by atoms with Crippen LogP contribution in [0.3, 0.4) is 0 Å². The third kappa shape index (κ3) is 4.88. The normalized spacial score (nSPS) is 13.5. The Morgan fingerprint density at radius 1 is 1.13 bits per heavy atom. The van der Waals surface area contributed by atoms with Crippen molar-refractivity contribution in [3.05, 3.63) is 65.4 Å². The molecule has 31 heavy (non-hydrogen) atoms. The summed E-state index contributed by atoms with van der Waals surface area (Å²) in [6.07, 6.45) is 1.96. The smallest absolute Gasteiger partial charge is 0.273 e. The van der Waals surface area contributed by atoms with Gasteiger partial charge in [0.15, 0.2) is 11.5 Å². The van der Waals surface area contributed by atoms with Crippen LogP contribution in [0.25, 0.3) is 11.3 Å². The summed E-state index contributed by atoms with van der Waals surface area (Å²) in [4.78, 5) is 14.9. The standard InChI is InChI=1S/C24H27N3O4/c1-29-19-8-9-22(30-2)20(14-19)23-15-21(26-31-23)24(28)25-11-5-12-27-13-10-17-6-3-4-7-18(17)16-27/h3-4,6-9,14-15H,5,10-13,16H2,1-2H3,(H,25,28). The number of carbonyl (C=O) groups excluding carboxylic acids is 1.